The minimum Gasteiger partial charge on any atom is -0.352 e. The van der Waals surface area contributed by atoms with E-state index in [2.05, 4.69) is 14.9 Å². The first-order valence-corrected chi connectivity index (χ1v) is 9.18. The number of halogens is 3. The van der Waals surface area contributed by atoms with Gasteiger partial charge in [0.1, 0.15) is 18.0 Å². The van der Waals surface area contributed by atoms with Crippen LogP contribution in [-0.2, 0) is 0 Å². The van der Waals surface area contributed by atoms with Crippen LogP contribution < -0.4 is 4.90 Å². The second-order valence-corrected chi connectivity index (χ2v) is 7.14. The van der Waals surface area contributed by atoms with E-state index in [1.54, 1.807) is 17.0 Å². The molecular weight excluding hydrogens is 390 g/mol. The Morgan fingerprint density at radius 2 is 1.67 bits per heavy atom. The lowest BCUT2D eigenvalue weighted by atomic mass is 10.1. The molecule has 1 fully saturated rings. The lowest BCUT2D eigenvalue weighted by Gasteiger charge is -2.35. The van der Waals surface area contributed by atoms with Gasteiger partial charge in [0.15, 0.2) is 0 Å². The molecule has 0 unspecified atom stereocenters. The topological polar surface area (TPSA) is 49.3 Å². The van der Waals surface area contributed by atoms with Crippen molar-refractivity contribution in [3.8, 4) is 0 Å². The van der Waals surface area contributed by atoms with E-state index in [-0.39, 0.29) is 16.5 Å². The van der Waals surface area contributed by atoms with Crippen LogP contribution in [0, 0.1) is 5.82 Å². The Kier molecular flexibility index (Phi) is 4.85. The van der Waals surface area contributed by atoms with Crippen LogP contribution in [-0.4, -0.2) is 47.0 Å². The normalized spacial score (nSPS) is 14.6. The monoisotopic (exact) mass is 404 g/mol. The van der Waals surface area contributed by atoms with Gasteiger partial charge in [-0.3, -0.25) is 4.79 Å². The highest BCUT2D eigenvalue weighted by molar-refractivity contribution is 6.31. The summed E-state index contributed by atoms with van der Waals surface area (Å²) in [5.41, 5.74) is 0.809. The zero-order valence-corrected chi connectivity index (χ0v) is 15.7. The van der Waals surface area contributed by atoms with Crippen molar-refractivity contribution in [2.45, 2.75) is 0 Å². The Morgan fingerprint density at radius 3 is 2.41 bits per heavy atom. The van der Waals surface area contributed by atoms with Crippen molar-refractivity contribution in [1.82, 2.24) is 14.9 Å². The molecule has 2 aromatic carbocycles. The van der Waals surface area contributed by atoms with Crippen LogP contribution >= 0.6 is 23.2 Å². The first-order valence-electron chi connectivity index (χ1n) is 8.42. The van der Waals surface area contributed by atoms with Gasteiger partial charge in [-0.2, -0.15) is 0 Å². The van der Waals surface area contributed by atoms with Gasteiger partial charge in [0, 0.05) is 41.6 Å². The number of benzene rings is 2. The molecule has 1 aromatic heterocycles. The summed E-state index contributed by atoms with van der Waals surface area (Å²) in [6.07, 6.45) is 1.51. The van der Waals surface area contributed by atoms with Crippen molar-refractivity contribution in [3.63, 3.8) is 0 Å². The molecule has 138 valence electrons. The lowest BCUT2D eigenvalue weighted by Crippen LogP contribution is -2.49. The predicted octanol–water partition coefficient (Wildman–Crippen LogP) is 4.04. The molecule has 8 heteroatoms. The van der Waals surface area contributed by atoms with Gasteiger partial charge >= 0.3 is 0 Å². The average Bonchev–Trinajstić information content (AvgIpc) is 2.67. The van der Waals surface area contributed by atoms with Crippen molar-refractivity contribution in [2.75, 3.05) is 31.1 Å². The number of piperazine rings is 1. The Labute approximate surface area is 165 Å². The molecule has 27 heavy (non-hydrogen) atoms. The van der Waals surface area contributed by atoms with E-state index in [4.69, 9.17) is 23.2 Å². The minimum atomic E-state index is -0.603. The van der Waals surface area contributed by atoms with E-state index in [1.165, 1.54) is 18.5 Å². The number of amides is 1. The number of carbonyl (C=O) groups excluding carboxylic acids is 1. The molecule has 2 heterocycles. The molecule has 1 aliphatic heterocycles. The predicted molar refractivity (Wildman–Crippen MR) is 104 cm³/mol. The quantitative estimate of drug-likeness (QED) is 0.646. The largest absolute Gasteiger partial charge is 0.352 e. The summed E-state index contributed by atoms with van der Waals surface area (Å²) in [6, 6.07) is 9.60. The molecule has 1 saturated heterocycles. The molecule has 0 N–H and O–H groups in total. The molecule has 0 aliphatic carbocycles. The maximum atomic E-state index is 14.0. The highest BCUT2D eigenvalue weighted by atomic mass is 35.5. The van der Waals surface area contributed by atoms with E-state index in [0.29, 0.717) is 31.2 Å². The first kappa shape index (κ1) is 17.9. The molecule has 0 spiro atoms. The number of hydrogen-bond donors (Lipinski definition) is 0. The van der Waals surface area contributed by atoms with Crippen LogP contribution in [0.4, 0.5) is 10.2 Å². The van der Waals surface area contributed by atoms with Gasteiger partial charge in [-0.25, -0.2) is 14.4 Å². The van der Waals surface area contributed by atoms with E-state index in [0.717, 1.165) is 22.8 Å². The fourth-order valence-electron chi connectivity index (χ4n) is 3.22. The highest BCUT2D eigenvalue weighted by Gasteiger charge is 2.25. The van der Waals surface area contributed by atoms with Crippen LogP contribution in [0.3, 0.4) is 0 Å². The van der Waals surface area contributed by atoms with Gasteiger partial charge in [0.25, 0.3) is 5.91 Å². The van der Waals surface area contributed by atoms with Crippen LogP contribution in [0.2, 0.25) is 10.0 Å². The molecule has 1 amide bonds. The van der Waals surface area contributed by atoms with E-state index in [1.807, 2.05) is 6.07 Å². The summed E-state index contributed by atoms with van der Waals surface area (Å²) in [5.74, 6) is -0.127. The number of carbonyl (C=O) groups is 1. The molecule has 1 aliphatic rings. The molecule has 0 radical (unpaired) electrons. The standard InChI is InChI=1S/C19H15Cl2FN4O/c20-12-1-3-14(16(22)9-12)19(27)26-7-5-25(6-8-26)18-15-4-2-13(21)10-17(15)23-11-24-18/h1-4,9-11H,5-8H2. The summed E-state index contributed by atoms with van der Waals surface area (Å²) < 4.78 is 14.0. The Bertz CT molecular complexity index is 1020. The lowest BCUT2D eigenvalue weighted by molar-refractivity contribution is 0.0742. The van der Waals surface area contributed by atoms with E-state index in [9.17, 15) is 9.18 Å². The Hall–Kier alpha value is -2.44. The van der Waals surface area contributed by atoms with Gasteiger partial charge < -0.3 is 9.80 Å². The van der Waals surface area contributed by atoms with Gasteiger partial charge in [0.2, 0.25) is 0 Å². The maximum absolute atomic E-state index is 14.0. The molecule has 0 bridgehead atoms. The van der Waals surface area contributed by atoms with Gasteiger partial charge in [0.05, 0.1) is 11.1 Å². The third-order valence-electron chi connectivity index (χ3n) is 4.61. The second-order valence-electron chi connectivity index (χ2n) is 6.26. The summed E-state index contributed by atoms with van der Waals surface area (Å²) in [4.78, 5) is 25.0. The van der Waals surface area contributed by atoms with E-state index < -0.39 is 5.82 Å². The van der Waals surface area contributed by atoms with Crippen molar-refractivity contribution in [2.24, 2.45) is 0 Å². The van der Waals surface area contributed by atoms with Gasteiger partial charge in [-0.05, 0) is 36.4 Å². The average molecular weight is 405 g/mol. The summed E-state index contributed by atoms with van der Waals surface area (Å²) >= 11 is 11.8. The molecule has 0 saturated carbocycles. The van der Waals surface area contributed by atoms with Crippen LogP contribution in [0.1, 0.15) is 10.4 Å². The highest BCUT2D eigenvalue weighted by Crippen LogP contribution is 2.26. The third-order valence-corrected chi connectivity index (χ3v) is 5.08. The number of rotatable bonds is 2. The Balaban J connectivity index is 1.52. The molecular formula is C19H15Cl2FN4O. The van der Waals surface area contributed by atoms with Crippen molar-refractivity contribution < 1.29 is 9.18 Å². The SMILES string of the molecule is O=C(c1ccc(Cl)cc1F)N1CCN(c2ncnc3cc(Cl)ccc23)CC1. The smallest absolute Gasteiger partial charge is 0.256 e. The molecule has 5 nitrogen and oxygen atoms in total. The number of fused-ring (bicyclic) bond motifs is 1. The summed E-state index contributed by atoms with van der Waals surface area (Å²) in [6.45, 7) is 2.13. The summed E-state index contributed by atoms with van der Waals surface area (Å²) in [7, 11) is 0. The van der Waals surface area contributed by atoms with Crippen molar-refractivity contribution in [1.29, 1.82) is 0 Å². The van der Waals surface area contributed by atoms with Crippen LogP contribution in [0.15, 0.2) is 42.7 Å². The number of hydrogen-bond acceptors (Lipinski definition) is 4. The third kappa shape index (κ3) is 3.55. The zero-order valence-electron chi connectivity index (χ0n) is 14.2. The first-order chi connectivity index (χ1) is 13.0. The van der Waals surface area contributed by atoms with Crippen LogP contribution in [0.25, 0.3) is 10.9 Å². The van der Waals surface area contributed by atoms with Gasteiger partial charge in [-0.15, -0.1) is 0 Å². The maximum Gasteiger partial charge on any atom is 0.256 e. The van der Waals surface area contributed by atoms with Crippen molar-refractivity contribution >= 4 is 45.8 Å². The van der Waals surface area contributed by atoms with Crippen molar-refractivity contribution in [3.05, 3.63) is 64.2 Å². The Morgan fingerprint density at radius 1 is 0.963 bits per heavy atom. The number of aromatic nitrogens is 2. The fraction of sp³-hybridized carbons (Fsp3) is 0.211. The van der Waals surface area contributed by atoms with E-state index >= 15 is 0 Å². The minimum absolute atomic E-state index is 0.0370. The zero-order chi connectivity index (χ0) is 19.0. The molecule has 0 atom stereocenters. The number of anilines is 1. The van der Waals surface area contributed by atoms with Gasteiger partial charge in [-0.1, -0.05) is 23.2 Å². The number of nitrogens with zero attached hydrogens (tertiary/aromatic N) is 4. The fourth-order valence-corrected chi connectivity index (χ4v) is 3.55. The van der Waals surface area contributed by atoms with Crippen LogP contribution in [0.5, 0.6) is 0 Å². The second kappa shape index (κ2) is 7.29. The summed E-state index contributed by atoms with van der Waals surface area (Å²) in [5, 5.41) is 1.79. The molecule has 3 aromatic rings. The molecule has 4 rings (SSSR count).